The molecule has 0 saturated carbocycles. The maximum absolute atomic E-state index is 11.7. The Morgan fingerprint density at radius 3 is 2.86 bits per heavy atom. The van der Waals surface area contributed by atoms with E-state index in [1.54, 1.807) is 12.3 Å². The highest BCUT2D eigenvalue weighted by Crippen LogP contribution is 2.18. The molecule has 0 atom stereocenters. The summed E-state index contributed by atoms with van der Waals surface area (Å²) in [5.41, 5.74) is 0.962. The van der Waals surface area contributed by atoms with E-state index >= 15 is 0 Å². The molecular formula is C15H14N4O2S. The van der Waals surface area contributed by atoms with Crippen LogP contribution >= 0.6 is 11.8 Å². The second-order valence-corrected chi connectivity index (χ2v) is 5.42. The fourth-order valence-electron chi connectivity index (χ4n) is 1.82. The lowest BCUT2D eigenvalue weighted by Crippen LogP contribution is -2.24. The maximum atomic E-state index is 11.7. The summed E-state index contributed by atoms with van der Waals surface area (Å²) < 4.78 is 5.15. The molecule has 0 saturated heterocycles. The van der Waals surface area contributed by atoms with Crippen molar-refractivity contribution in [1.82, 2.24) is 20.5 Å². The first-order valence-electron chi connectivity index (χ1n) is 6.71. The molecule has 0 fully saturated rings. The Hall–Kier alpha value is -2.54. The zero-order chi connectivity index (χ0) is 15.2. The van der Waals surface area contributed by atoms with E-state index in [0.717, 1.165) is 11.3 Å². The lowest BCUT2D eigenvalue weighted by Gasteiger charge is -2.01. The molecule has 3 aromatic rings. The van der Waals surface area contributed by atoms with Crippen LogP contribution in [-0.2, 0) is 11.3 Å². The third-order valence-corrected chi connectivity index (χ3v) is 3.73. The van der Waals surface area contributed by atoms with Crippen molar-refractivity contribution in [2.75, 3.05) is 5.75 Å². The third kappa shape index (κ3) is 3.76. The van der Waals surface area contributed by atoms with Crippen molar-refractivity contribution in [3.05, 3.63) is 54.5 Å². The van der Waals surface area contributed by atoms with Crippen molar-refractivity contribution >= 4 is 17.7 Å². The first kappa shape index (κ1) is 14.4. The van der Waals surface area contributed by atoms with Crippen molar-refractivity contribution in [3.8, 4) is 11.4 Å². The number of nitrogens with zero attached hydrogens (tertiary/aromatic N) is 2. The molecule has 112 valence electrons. The Morgan fingerprint density at radius 1 is 1.23 bits per heavy atom. The monoisotopic (exact) mass is 314 g/mol. The van der Waals surface area contributed by atoms with Gasteiger partial charge in [-0.25, -0.2) is 4.98 Å². The summed E-state index contributed by atoms with van der Waals surface area (Å²) in [6.07, 6.45) is 1.58. The number of aromatic amines is 1. The largest absolute Gasteiger partial charge is 0.467 e. The molecule has 0 bridgehead atoms. The summed E-state index contributed by atoms with van der Waals surface area (Å²) in [7, 11) is 0. The van der Waals surface area contributed by atoms with Gasteiger partial charge in [0.1, 0.15) is 5.76 Å². The van der Waals surface area contributed by atoms with Crippen molar-refractivity contribution < 1.29 is 9.21 Å². The molecule has 22 heavy (non-hydrogen) atoms. The van der Waals surface area contributed by atoms with Crippen molar-refractivity contribution in [2.45, 2.75) is 11.7 Å². The number of benzene rings is 1. The van der Waals surface area contributed by atoms with Gasteiger partial charge in [0.2, 0.25) is 11.1 Å². The molecule has 3 rings (SSSR count). The Balaban J connectivity index is 1.49. The van der Waals surface area contributed by atoms with Gasteiger partial charge in [0.25, 0.3) is 0 Å². The third-order valence-electron chi connectivity index (χ3n) is 2.88. The fraction of sp³-hybridized carbons (Fsp3) is 0.133. The Bertz CT molecular complexity index is 725. The highest BCUT2D eigenvalue weighted by Gasteiger charge is 2.09. The SMILES string of the molecule is O=C(CSc1n[nH]c(-c2ccccc2)n1)NCc1ccco1. The standard InChI is InChI=1S/C15H14N4O2S/c20-13(16-9-12-7-4-8-21-12)10-22-15-17-14(18-19-15)11-5-2-1-3-6-11/h1-8H,9-10H2,(H,16,20)(H,17,18,19). The molecule has 0 aliphatic carbocycles. The van der Waals surface area contributed by atoms with Crippen molar-refractivity contribution in [1.29, 1.82) is 0 Å². The summed E-state index contributed by atoms with van der Waals surface area (Å²) >= 11 is 1.29. The maximum Gasteiger partial charge on any atom is 0.230 e. The molecule has 0 spiro atoms. The zero-order valence-electron chi connectivity index (χ0n) is 11.7. The lowest BCUT2D eigenvalue weighted by molar-refractivity contribution is -0.118. The van der Waals surface area contributed by atoms with E-state index in [2.05, 4.69) is 20.5 Å². The summed E-state index contributed by atoms with van der Waals surface area (Å²) in [6, 6.07) is 13.3. The van der Waals surface area contributed by atoms with Crippen molar-refractivity contribution in [2.24, 2.45) is 0 Å². The van der Waals surface area contributed by atoms with E-state index in [9.17, 15) is 4.79 Å². The van der Waals surface area contributed by atoms with Gasteiger partial charge in [0, 0.05) is 5.56 Å². The number of hydrogen-bond acceptors (Lipinski definition) is 5. The van der Waals surface area contributed by atoms with Crippen LogP contribution in [-0.4, -0.2) is 26.8 Å². The van der Waals surface area contributed by atoms with Gasteiger partial charge < -0.3 is 9.73 Å². The molecular weight excluding hydrogens is 300 g/mol. The summed E-state index contributed by atoms with van der Waals surface area (Å²) in [6.45, 7) is 0.385. The van der Waals surface area contributed by atoms with Crippen LogP contribution in [0.25, 0.3) is 11.4 Å². The molecule has 1 amide bonds. The molecule has 0 unspecified atom stereocenters. The second-order valence-electron chi connectivity index (χ2n) is 4.48. The van der Waals surface area contributed by atoms with Gasteiger partial charge in [-0.1, -0.05) is 42.1 Å². The van der Waals surface area contributed by atoms with Crippen LogP contribution in [0.5, 0.6) is 0 Å². The minimum Gasteiger partial charge on any atom is -0.467 e. The molecule has 6 nitrogen and oxygen atoms in total. The van der Waals surface area contributed by atoms with E-state index < -0.39 is 0 Å². The molecule has 0 aliphatic heterocycles. The highest BCUT2D eigenvalue weighted by atomic mass is 32.2. The number of carbonyl (C=O) groups excluding carboxylic acids is 1. The predicted octanol–water partition coefficient (Wildman–Crippen LogP) is 2.47. The average molecular weight is 314 g/mol. The summed E-state index contributed by atoms with van der Waals surface area (Å²) in [4.78, 5) is 16.1. The predicted molar refractivity (Wildman–Crippen MR) is 83.1 cm³/mol. The Morgan fingerprint density at radius 2 is 2.09 bits per heavy atom. The van der Waals surface area contributed by atoms with Gasteiger partial charge in [0.15, 0.2) is 5.82 Å². The number of rotatable bonds is 6. The average Bonchev–Trinajstić information content (AvgIpc) is 3.23. The number of carbonyl (C=O) groups is 1. The minimum absolute atomic E-state index is 0.0903. The molecule has 7 heteroatoms. The van der Waals surface area contributed by atoms with E-state index in [-0.39, 0.29) is 11.7 Å². The van der Waals surface area contributed by atoms with E-state index in [1.807, 2.05) is 36.4 Å². The normalized spacial score (nSPS) is 10.5. The van der Waals surface area contributed by atoms with Gasteiger partial charge in [-0.2, -0.15) is 0 Å². The van der Waals surface area contributed by atoms with Crippen LogP contribution in [0.1, 0.15) is 5.76 Å². The number of thioether (sulfide) groups is 1. The van der Waals surface area contributed by atoms with Crippen LogP contribution in [0.3, 0.4) is 0 Å². The zero-order valence-corrected chi connectivity index (χ0v) is 12.5. The van der Waals surface area contributed by atoms with E-state index in [4.69, 9.17) is 4.42 Å². The van der Waals surface area contributed by atoms with Gasteiger partial charge >= 0.3 is 0 Å². The van der Waals surface area contributed by atoms with Gasteiger partial charge in [-0.15, -0.1) is 5.10 Å². The van der Waals surface area contributed by atoms with Crippen LogP contribution < -0.4 is 5.32 Å². The number of nitrogens with one attached hydrogen (secondary N) is 2. The summed E-state index contributed by atoms with van der Waals surface area (Å²) in [5, 5.41) is 10.3. The van der Waals surface area contributed by atoms with Crippen LogP contribution in [0.15, 0.2) is 58.3 Å². The number of aromatic nitrogens is 3. The molecule has 2 N–H and O–H groups in total. The molecule has 0 aliphatic rings. The van der Waals surface area contributed by atoms with E-state index in [1.165, 1.54) is 11.8 Å². The number of hydrogen-bond donors (Lipinski definition) is 2. The van der Waals surface area contributed by atoms with Gasteiger partial charge in [-0.3, -0.25) is 9.89 Å². The number of furan rings is 1. The lowest BCUT2D eigenvalue weighted by atomic mass is 10.2. The Kier molecular flexibility index (Phi) is 4.55. The first-order chi connectivity index (χ1) is 10.8. The number of amides is 1. The molecule has 0 radical (unpaired) electrons. The molecule has 2 aromatic heterocycles. The molecule has 2 heterocycles. The van der Waals surface area contributed by atoms with E-state index in [0.29, 0.717) is 17.5 Å². The summed E-state index contributed by atoms with van der Waals surface area (Å²) in [5.74, 6) is 1.58. The fourth-order valence-corrected chi connectivity index (χ4v) is 2.44. The van der Waals surface area contributed by atoms with Gasteiger partial charge in [-0.05, 0) is 12.1 Å². The quantitative estimate of drug-likeness (QED) is 0.683. The number of H-pyrrole nitrogens is 1. The minimum atomic E-state index is -0.0903. The van der Waals surface area contributed by atoms with Crippen molar-refractivity contribution in [3.63, 3.8) is 0 Å². The van der Waals surface area contributed by atoms with Crippen LogP contribution in [0, 0.1) is 0 Å². The van der Waals surface area contributed by atoms with Crippen LogP contribution in [0.2, 0.25) is 0 Å². The highest BCUT2D eigenvalue weighted by molar-refractivity contribution is 7.99. The smallest absolute Gasteiger partial charge is 0.230 e. The van der Waals surface area contributed by atoms with Gasteiger partial charge in [0.05, 0.1) is 18.6 Å². The van der Waals surface area contributed by atoms with Crippen LogP contribution in [0.4, 0.5) is 0 Å². The Labute approximate surface area is 131 Å². The first-order valence-corrected chi connectivity index (χ1v) is 7.69. The topological polar surface area (TPSA) is 83.8 Å². The molecule has 1 aromatic carbocycles. The second kappa shape index (κ2) is 6.95.